The predicted octanol–water partition coefficient (Wildman–Crippen LogP) is 1.20. The highest BCUT2D eigenvalue weighted by atomic mass is 16.1. The molecule has 1 aliphatic rings. The Balaban J connectivity index is 2.64. The van der Waals surface area contributed by atoms with Crippen LogP contribution in [0.3, 0.4) is 0 Å². The molecule has 106 valence electrons. The Bertz CT molecular complexity index is 280. The van der Waals surface area contributed by atoms with Gasteiger partial charge < -0.3 is 11.1 Å². The van der Waals surface area contributed by atoms with E-state index in [9.17, 15) is 4.79 Å². The molecular weight excluding hydrogens is 226 g/mol. The molecule has 1 heterocycles. The van der Waals surface area contributed by atoms with Gasteiger partial charge in [0.2, 0.25) is 5.91 Å². The van der Waals surface area contributed by atoms with E-state index < -0.39 is 0 Å². The minimum Gasteiger partial charge on any atom is -0.368 e. The highest BCUT2D eigenvalue weighted by Crippen LogP contribution is 2.26. The molecule has 4 atom stereocenters. The molecule has 1 fully saturated rings. The summed E-state index contributed by atoms with van der Waals surface area (Å²) in [5.41, 5.74) is 5.49. The zero-order valence-corrected chi connectivity index (χ0v) is 12.4. The van der Waals surface area contributed by atoms with E-state index in [1.807, 2.05) is 13.8 Å². The van der Waals surface area contributed by atoms with Crippen LogP contribution < -0.4 is 11.1 Å². The average molecular weight is 255 g/mol. The third-order valence-electron chi connectivity index (χ3n) is 4.01. The molecule has 4 nitrogen and oxygen atoms in total. The predicted molar refractivity (Wildman–Crippen MR) is 75.2 cm³/mol. The topological polar surface area (TPSA) is 58.4 Å². The molecule has 1 aliphatic heterocycles. The molecule has 3 N–H and O–H groups in total. The first-order valence-corrected chi connectivity index (χ1v) is 7.10. The van der Waals surface area contributed by atoms with Crippen LogP contribution in [-0.4, -0.2) is 42.0 Å². The van der Waals surface area contributed by atoms with Gasteiger partial charge in [0.15, 0.2) is 0 Å². The first kappa shape index (κ1) is 15.4. The van der Waals surface area contributed by atoms with Crippen LogP contribution in [-0.2, 0) is 4.79 Å². The molecular formula is C14H29N3O. The second-order valence-corrected chi connectivity index (χ2v) is 6.29. The monoisotopic (exact) mass is 255 g/mol. The van der Waals surface area contributed by atoms with E-state index in [1.54, 1.807) is 0 Å². The number of hydrogen-bond donors (Lipinski definition) is 2. The summed E-state index contributed by atoms with van der Waals surface area (Å²) in [6.45, 7) is 12.7. The number of nitrogens with zero attached hydrogens (tertiary/aromatic N) is 1. The first-order valence-electron chi connectivity index (χ1n) is 7.10. The number of amides is 1. The van der Waals surface area contributed by atoms with Crippen LogP contribution in [0.2, 0.25) is 0 Å². The van der Waals surface area contributed by atoms with Crippen LogP contribution in [0.25, 0.3) is 0 Å². The Labute approximate surface area is 111 Å². The van der Waals surface area contributed by atoms with Crippen molar-refractivity contribution in [2.24, 2.45) is 17.6 Å². The number of nitrogens with two attached hydrogens (primary N) is 1. The van der Waals surface area contributed by atoms with Crippen molar-refractivity contribution in [3.63, 3.8) is 0 Å². The summed E-state index contributed by atoms with van der Waals surface area (Å²) in [4.78, 5) is 13.9. The lowest BCUT2D eigenvalue weighted by Crippen LogP contribution is -2.56. The number of carbonyl (C=O) groups is 1. The van der Waals surface area contributed by atoms with Gasteiger partial charge in [-0.3, -0.25) is 9.69 Å². The maximum absolute atomic E-state index is 11.5. The fourth-order valence-corrected chi connectivity index (χ4v) is 2.94. The molecule has 0 aliphatic carbocycles. The fraction of sp³-hybridized carbons (Fsp3) is 0.929. The second kappa shape index (κ2) is 6.53. The zero-order valence-electron chi connectivity index (χ0n) is 12.4. The van der Waals surface area contributed by atoms with Gasteiger partial charge in [-0.25, -0.2) is 0 Å². The minimum absolute atomic E-state index is 0.245. The molecule has 0 spiro atoms. The Morgan fingerprint density at radius 1 is 1.39 bits per heavy atom. The Kier molecular flexibility index (Phi) is 5.60. The summed E-state index contributed by atoms with van der Waals surface area (Å²) < 4.78 is 0. The second-order valence-electron chi connectivity index (χ2n) is 6.29. The summed E-state index contributed by atoms with van der Waals surface area (Å²) in [5.74, 6) is 1.13. The zero-order chi connectivity index (χ0) is 13.9. The Morgan fingerprint density at radius 2 is 2.00 bits per heavy atom. The van der Waals surface area contributed by atoms with E-state index >= 15 is 0 Å². The highest BCUT2D eigenvalue weighted by Gasteiger charge is 2.31. The van der Waals surface area contributed by atoms with Crippen LogP contribution in [0.15, 0.2) is 0 Å². The molecule has 4 heteroatoms. The van der Waals surface area contributed by atoms with Gasteiger partial charge in [0.1, 0.15) is 0 Å². The minimum atomic E-state index is -0.248. The maximum atomic E-state index is 11.5. The van der Waals surface area contributed by atoms with Crippen molar-refractivity contribution in [3.8, 4) is 0 Å². The van der Waals surface area contributed by atoms with Gasteiger partial charge in [-0.05, 0) is 25.2 Å². The maximum Gasteiger partial charge on any atom is 0.235 e. The van der Waals surface area contributed by atoms with Crippen molar-refractivity contribution in [1.82, 2.24) is 10.2 Å². The van der Waals surface area contributed by atoms with Gasteiger partial charge in [0, 0.05) is 25.2 Å². The quantitative estimate of drug-likeness (QED) is 0.776. The van der Waals surface area contributed by atoms with Gasteiger partial charge in [-0.2, -0.15) is 0 Å². The molecule has 0 saturated carbocycles. The van der Waals surface area contributed by atoms with Crippen LogP contribution in [0, 0.1) is 11.8 Å². The van der Waals surface area contributed by atoms with Crippen molar-refractivity contribution < 1.29 is 4.79 Å². The molecule has 1 rings (SSSR count). The largest absolute Gasteiger partial charge is 0.368 e. The summed E-state index contributed by atoms with van der Waals surface area (Å²) in [6, 6.07) is 0.555. The lowest BCUT2D eigenvalue weighted by molar-refractivity contribution is -0.121. The number of primary amides is 1. The summed E-state index contributed by atoms with van der Waals surface area (Å²) >= 11 is 0. The van der Waals surface area contributed by atoms with Gasteiger partial charge in [-0.15, -0.1) is 0 Å². The number of piperidine rings is 1. The van der Waals surface area contributed by atoms with Gasteiger partial charge in [-0.1, -0.05) is 27.7 Å². The number of rotatable bonds is 5. The van der Waals surface area contributed by atoms with Crippen LogP contribution in [0.4, 0.5) is 0 Å². The van der Waals surface area contributed by atoms with Gasteiger partial charge >= 0.3 is 0 Å². The summed E-state index contributed by atoms with van der Waals surface area (Å²) in [6.07, 6.45) is 1.27. The SMILES string of the molecule is CC1CC(C)C(C)N(CC(NC(C)C)C(N)=O)C1. The lowest BCUT2D eigenvalue weighted by atomic mass is 9.85. The van der Waals surface area contributed by atoms with Crippen molar-refractivity contribution in [2.45, 2.75) is 59.2 Å². The van der Waals surface area contributed by atoms with Crippen molar-refractivity contribution in [3.05, 3.63) is 0 Å². The highest BCUT2D eigenvalue weighted by molar-refractivity contribution is 5.80. The number of nitrogens with one attached hydrogen (secondary N) is 1. The summed E-state index contributed by atoms with van der Waals surface area (Å²) in [7, 11) is 0. The van der Waals surface area contributed by atoms with Gasteiger partial charge in [0.05, 0.1) is 6.04 Å². The Morgan fingerprint density at radius 3 is 2.50 bits per heavy atom. The van der Waals surface area contributed by atoms with Crippen LogP contribution >= 0.6 is 0 Å². The van der Waals surface area contributed by atoms with Crippen molar-refractivity contribution >= 4 is 5.91 Å². The normalized spacial score (nSPS) is 31.6. The number of likely N-dealkylation sites (tertiary alicyclic amines) is 1. The van der Waals surface area contributed by atoms with Crippen molar-refractivity contribution in [2.75, 3.05) is 13.1 Å². The standard InChI is InChI=1S/C14H29N3O/c1-9(2)16-13(14(15)18)8-17-7-10(3)6-11(4)12(17)5/h9-13,16H,6-8H2,1-5H3,(H2,15,18). The Hall–Kier alpha value is -0.610. The molecule has 18 heavy (non-hydrogen) atoms. The third kappa shape index (κ3) is 4.25. The van der Waals surface area contributed by atoms with E-state index in [0.717, 1.165) is 13.1 Å². The fourth-order valence-electron chi connectivity index (χ4n) is 2.94. The number of carbonyl (C=O) groups excluding carboxylic acids is 1. The van der Waals surface area contributed by atoms with E-state index in [1.165, 1.54) is 6.42 Å². The van der Waals surface area contributed by atoms with Crippen molar-refractivity contribution in [1.29, 1.82) is 0 Å². The van der Waals surface area contributed by atoms with Crippen LogP contribution in [0.1, 0.15) is 41.0 Å². The average Bonchev–Trinajstić information content (AvgIpc) is 2.23. The summed E-state index contributed by atoms with van der Waals surface area (Å²) in [5, 5.41) is 3.26. The van der Waals surface area contributed by atoms with E-state index in [2.05, 4.69) is 31.0 Å². The van der Waals surface area contributed by atoms with E-state index in [4.69, 9.17) is 5.73 Å². The first-order chi connectivity index (χ1) is 8.31. The molecule has 0 radical (unpaired) electrons. The molecule has 0 aromatic carbocycles. The molecule has 1 saturated heterocycles. The smallest absolute Gasteiger partial charge is 0.235 e. The molecule has 0 aromatic heterocycles. The van der Waals surface area contributed by atoms with E-state index in [-0.39, 0.29) is 18.0 Å². The molecule has 0 bridgehead atoms. The molecule has 1 amide bonds. The third-order valence-corrected chi connectivity index (χ3v) is 4.01. The molecule has 4 unspecified atom stereocenters. The van der Waals surface area contributed by atoms with E-state index in [0.29, 0.717) is 17.9 Å². The lowest BCUT2D eigenvalue weighted by Gasteiger charge is -2.42. The van der Waals surface area contributed by atoms with Gasteiger partial charge in [0.25, 0.3) is 0 Å². The van der Waals surface area contributed by atoms with Crippen LogP contribution in [0.5, 0.6) is 0 Å². The molecule has 0 aromatic rings. The number of hydrogen-bond acceptors (Lipinski definition) is 3.